The Morgan fingerprint density at radius 3 is 2.14 bits per heavy atom. The van der Waals surface area contributed by atoms with Crippen LogP contribution in [-0.4, -0.2) is 5.78 Å². The van der Waals surface area contributed by atoms with E-state index in [9.17, 15) is 4.79 Å². The van der Waals surface area contributed by atoms with E-state index in [0.29, 0.717) is 11.7 Å². The standard InChI is InChI=1S/C20H32O/c1-5-9-13-17(6-2)16-19(21)20(7-3,8-4)18-14-11-10-12-15-18/h10-12,14-15,17H,5-9,13,16H2,1-4H3. The van der Waals surface area contributed by atoms with Crippen molar-refractivity contribution in [3.05, 3.63) is 35.9 Å². The molecule has 1 aromatic rings. The summed E-state index contributed by atoms with van der Waals surface area (Å²) < 4.78 is 0. The topological polar surface area (TPSA) is 17.1 Å². The minimum Gasteiger partial charge on any atom is -0.299 e. The maximum atomic E-state index is 13.1. The number of carbonyl (C=O) groups is 1. The van der Waals surface area contributed by atoms with Crippen LogP contribution in [0.2, 0.25) is 0 Å². The van der Waals surface area contributed by atoms with Crippen molar-refractivity contribution in [2.75, 3.05) is 0 Å². The van der Waals surface area contributed by atoms with E-state index < -0.39 is 0 Å². The number of hydrogen-bond donors (Lipinski definition) is 0. The van der Waals surface area contributed by atoms with E-state index in [4.69, 9.17) is 0 Å². The largest absolute Gasteiger partial charge is 0.299 e. The molecule has 0 saturated carbocycles. The molecule has 1 aromatic carbocycles. The highest BCUT2D eigenvalue weighted by molar-refractivity contribution is 5.90. The SMILES string of the molecule is CCCCC(CC)CC(=O)C(CC)(CC)c1ccccc1. The van der Waals surface area contributed by atoms with Gasteiger partial charge < -0.3 is 0 Å². The highest BCUT2D eigenvalue weighted by atomic mass is 16.1. The first-order valence-electron chi connectivity index (χ1n) is 8.73. The molecule has 0 aliphatic heterocycles. The van der Waals surface area contributed by atoms with Crippen molar-refractivity contribution in [1.29, 1.82) is 0 Å². The zero-order valence-electron chi connectivity index (χ0n) is 14.3. The molecule has 1 heteroatoms. The number of carbonyl (C=O) groups excluding carboxylic acids is 1. The molecule has 1 rings (SSSR count). The molecule has 1 unspecified atom stereocenters. The van der Waals surface area contributed by atoms with Crippen molar-refractivity contribution in [3.8, 4) is 0 Å². The van der Waals surface area contributed by atoms with Gasteiger partial charge in [0.25, 0.3) is 0 Å². The Balaban J connectivity index is 2.92. The quantitative estimate of drug-likeness (QED) is 0.522. The predicted octanol–water partition coefficient (Wildman–Crippen LogP) is 5.92. The molecule has 21 heavy (non-hydrogen) atoms. The summed E-state index contributed by atoms with van der Waals surface area (Å²) in [5.74, 6) is 1.00. The van der Waals surface area contributed by atoms with E-state index in [2.05, 4.69) is 52.0 Å². The average molecular weight is 288 g/mol. The lowest BCUT2D eigenvalue weighted by Gasteiger charge is -2.32. The minimum atomic E-state index is -0.277. The van der Waals surface area contributed by atoms with Crippen LogP contribution in [0.1, 0.15) is 78.2 Å². The number of ketones is 1. The molecule has 0 radical (unpaired) electrons. The second kappa shape index (κ2) is 9.02. The fourth-order valence-electron chi connectivity index (χ4n) is 3.37. The first-order valence-corrected chi connectivity index (χ1v) is 8.73. The number of rotatable bonds is 10. The molecule has 0 N–H and O–H groups in total. The van der Waals surface area contributed by atoms with Crippen LogP contribution in [0.4, 0.5) is 0 Å². The highest BCUT2D eigenvalue weighted by Gasteiger charge is 2.36. The molecular weight excluding hydrogens is 256 g/mol. The molecule has 0 bridgehead atoms. The first kappa shape index (κ1) is 17.9. The normalized spacial score (nSPS) is 13.1. The van der Waals surface area contributed by atoms with Gasteiger partial charge in [0.2, 0.25) is 0 Å². The van der Waals surface area contributed by atoms with Gasteiger partial charge in [-0.3, -0.25) is 4.79 Å². The minimum absolute atomic E-state index is 0.277. The summed E-state index contributed by atoms with van der Waals surface area (Å²) >= 11 is 0. The maximum Gasteiger partial charge on any atom is 0.143 e. The lowest BCUT2D eigenvalue weighted by molar-refractivity contribution is -0.126. The van der Waals surface area contributed by atoms with Gasteiger partial charge in [-0.25, -0.2) is 0 Å². The molecule has 118 valence electrons. The van der Waals surface area contributed by atoms with Gasteiger partial charge in [-0.15, -0.1) is 0 Å². The van der Waals surface area contributed by atoms with Gasteiger partial charge in [-0.2, -0.15) is 0 Å². The Morgan fingerprint density at radius 1 is 1.05 bits per heavy atom. The van der Waals surface area contributed by atoms with E-state index >= 15 is 0 Å². The van der Waals surface area contributed by atoms with Crippen LogP contribution in [0.3, 0.4) is 0 Å². The summed E-state index contributed by atoms with van der Waals surface area (Å²) in [7, 11) is 0. The Hall–Kier alpha value is -1.11. The molecule has 0 aliphatic carbocycles. The van der Waals surface area contributed by atoms with Crippen molar-refractivity contribution in [3.63, 3.8) is 0 Å². The molecule has 0 spiro atoms. The number of unbranched alkanes of at least 4 members (excludes halogenated alkanes) is 1. The second-order valence-corrected chi connectivity index (χ2v) is 6.20. The van der Waals surface area contributed by atoms with Crippen molar-refractivity contribution in [2.45, 2.75) is 78.1 Å². The molecule has 0 heterocycles. The first-order chi connectivity index (χ1) is 10.1. The van der Waals surface area contributed by atoms with Gasteiger partial charge in [0.1, 0.15) is 5.78 Å². The third-order valence-electron chi connectivity index (χ3n) is 5.08. The number of benzene rings is 1. The zero-order chi connectivity index (χ0) is 15.7. The summed E-state index contributed by atoms with van der Waals surface area (Å²) in [4.78, 5) is 13.1. The number of hydrogen-bond acceptors (Lipinski definition) is 1. The van der Waals surface area contributed by atoms with Crippen molar-refractivity contribution < 1.29 is 4.79 Å². The van der Waals surface area contributed by atoms with Crippen LogP contribution in [0.5, 0.6) is 0 Å². The van der Waals surface area contributed by atoms with Gasteiger partial charge in [-0.1, -0.05) is 83.7 Å². The van der Waals surface area contributed by atoms with E-state index in [1.165, 1.54) is 24.8 Å². The Morgan fingerprint density at radius 2 is 1.67 bits per heavy atom. The summed E-state index contributed by atoms with van der Waals surface area (Å²) in [6, 6.07) is 10.4. The third kappa shape index (κ3) is 4.43. The van der Waals surface area contributed by atoms with Crippen molar-refractivity contribution in [1.82, 2.24) is 0 Å². The smallest absolute Gasteiger partial charge is 0.143 e. The van der Waals surface area contributed by atoms with E-state index in [-0.39, 0.29) is 5.41 Å². The fourth-order valence-corrected chi connectivity index (χ4v) is 3.37. The van der Waals surface area contributed by atoms with Gasteiger partial charge >= 0.3 is 0 Å². The molecular formula is C20H32O. The van der Waals surface area contributed by atoms with Crippen LogP contribution in [0, 0.1) is 5.92 Å². The summed E-state index contributed by atoms with van der Waals surface area (Å²) in [5, 5.41) is 0. The molecule has 0 saturated heterocycles. The van der Waals surface area contributed by atoms with Gasteiger partial charge in [0, 0.05) is 6.42 Å². The molecule has 0 aliphatic rings. The number of Topliss-reactive ketones (excluding diaryl/α,β-unsaturated/α-hetero) is 1. The average Bonchev–Trinajstić information content (AvgIpc) is 2.54. The monoisotopic (exact) mass is 288 g/mol. The van der Waals surface area contributed by atoms with Crippen LogP contribution >= 0.6 is 0 Å². The Kier molecular flexibility index (Phi) is 7.71. The predicted molar refractivity (Wildman–Crippen MR) is 91.6 cm³/mol. The molecule has 0 fully saturated rings. The van der Waals surface area contributed by atoms with Crippen molar-refractivity contribution in [2.24, 2.45) is 5.92 Å². The van der Waals surface area contributed by atoms with Crippen LogP contribution in [0.25, 0.3) is 0 Å². The molecule has 1 nitrogen and oxygen atoms in total. The molecule has 1 atom stereocenters. The van der Waals surface area contributed by atoms with Crippen LogP contribution < -0.4 is 0 Å². The third-order valence-corrected chi connectivity index (χ3v) is 5.08. The molecule has 0 aromatic heterocycles. The lowest BCUT2D eigenvalue weighted by atomic mass is 9.70. The van der Waals surface area contributed by atoms with Crippen molar-refractivity contribution >= 4 is 5.78 Å². The second-order valence-electron chi connectivity index (χ2n) is 6.20. The van der Waals surface area contributed by atoms with E-state index in [1.54, 1.807) is 0 Å². The Bertz CT molecular complexity index is 403. The summed E-state index contributed by atoms with van der Waals surface area (Å²) in [6.45, 7) is 8.75. The van der Waals surface area contributed by atoms with Gasteiger partial charge in [0.15, 0.2) is 0 Å². The van der Waals surface area contributed by atoms with E-state index in [0.717, 1.165) is 25.7 Å². The van der Waals surface area contributed by atoms with Crippen LogP contribution in [0.15, 0.2) is 30.3 Å². The lowest BCUT2D eigenvalue weighted by Crippen LogP contribution is -2.36. The van der Waals surface area contributed by atoms with Gasteiger partial charge in [-0.05, 0) is 24.3 Å². The zero-order valence-corrected chi connectivity index (χ0v) is 14.3. The molecule has 0 amide bonds. The summed E-state index contributed by atoms with van der Waals surface area (Å²) in [6.07, 6.45) is 7.31. The van der Waals surface area contributed by atoms with Crippen LogP contribution in [-0.2, 0) is 10.2 Å². The highest BCUT2D eigenvalue weighted by Crippen LogP contribution is 2.35. The Labute approximate surface area is 131 Å². The maximum absolute atomic E-state index is 13.1. The van der Waals surface area contributed by atoms with E-state index in [1.807, 2.05) is 6.07 Å². The summed E-state index contributed by atoms with van der Waals surface area (Å²) in [5.41, 5.74) is 0.923. The fraction of sp³-hybridized carbons (Fsp3) is 0.650. The van der Waals surface area contributed by atoms with Gasteiger partial charge in [0.05, 0.1) is 5.41 Å².